The molecular formula is C10H18N2O. The zero-order chi connectivity index (χ0) is 9.26. The molecule has 0 radical (unpaired) electrons. The number of nitrogens with one attached hydrogen (secondary N) is 1. The number of carbonyl (C=O) groups excluding carboxylic acids is 1. The van der Waals surface area contributed by atoms with E-state index in [2.05, 4.69) is 17.1 Å². The van der Waals surface area contributed by atoms with Gasteiger partial charge in [0, 0.05) is 6.04 Å². The number of amides is 1. The van der Waals surface area contributed by atoms with Gasteiger partial charge < -0.3 is 4.90 Å². The highest BCUT2D eigenvalue weighted by Gasteiger charge is 2.37. The molecule has 0 aromatic rings. The van der Waals surface area contributed by atoms with Crippen LogP contribution in [0.25, 0.3) is 0 Å². The summed E-state index contributed by atoms with van der Waals surface area (Å²) in [6.45, 7) is 2.73. The van der Waals surface area contributed by atoms with Gasteiger partial charge in [-0.2, -0.15) is 0 Å². The molecule has 3 heteroatoms. The Morgan fingerprint density at radius 1 is 1.54 bits per heavy atom. The first-order chi connectivity index (χ1) is 6.33. The Morgan fingerprint density at radius 2 is 2.31 bits per heavy atom. The lowest BCUT2D eigenvalue weighted by Gasteiger charge is -2.38. The molecule has 2 fully saturated rings. The monoisotopic (exact) mass is 182 g/mol. The first-order valence-electron chi connectivity index (χ1n) is 5.37. The van der Waals surface area contributed by atoms with Gasteiger partial charge in [-0.05, 0) is 25.7 Å². The SMILES string of the molecule is CCCC1NCC(=O)N1C1CCC1. The molecule has 1 aliphatic carbocycles. The lowest BCUT2D eigenvalue weighted by Crippen LogP contribution is -2.47. The molecule has 0 bridgehead atoms. The molecule has 13 heavy (non-hydrogen) atoms. The van der Waals surface area contributed by atoms with E-state index >= 15 is 0 Å². The van der Waals surface area contributed by atoms with Crippen LogP contribution in [0.15, 0.2) is 0 Å². The summed E-state index contributed by atoms with van der Waals surface area (Å²) in [4.78, 5) is 13.6. The molecule has 74 valence electrons. The average molecular weight is 182 g/mol. The van der Waals surface area contributed by atoms with E-state index in [1.54, 1.807) is 0 Å². The highest BCUT2D eigenvalue weighted by Crippen LogP contribution is 2.28. The second kappa shape index (κ2) is 3.66. The predicted octanol–water partition coefficient (Wildman–Crippen LogP) is 1.10. The maximum Gasteiger partial charge on any atom is 0.238 e. The number of rotatable bonds is 3. The molecular weight excluding hydrogens is 164 g/mol. The van der Waals surface area contributed by atoms with Crippen LogP contribution in [0.1, 0.15) is 39.0 Å². The van der Waals surface area contributed by atoms with Crippen LogP contribution >= 0.6 is 0 Å². The van der Waals surface area contributed by atoms with Crippen molar-refractivity contribution in [1.29, 1.82) is 0 Å². The predicted molar refractivity (Wildman–Crippen MR) is 51.2 cm³/mol. The summed E-state index contributed by atoms with van der Waals surface area (Å²) in [5, 5.41) is 3.28. The van der Waals surface area contributed by atoms with Crippen molar-refractivity contribution in [3.05, 3.63) is 0 Å². The summed E-state index contributed by atoms with van der Waals surface area (Å²) in [6.07, 6.45) is 6.31. The van der Waals surface area contributed by atoms with Gasteiger partial charge in [0.1, 0.15) is 0 Å². The van der Waals surface area contributed by atoms with Crippen LogP contribution in [0.5, 0.6) is 0 Å². The minimum Gasteiger partial charge on any atom is -0.323 e. The van der Waals surface area contributed by atoms with Crippen molar-refractivity contribution in [3.63, 3.8) is 0 Å². The van der Waals surface area contributed by atoms with Crippen LogP contribution in [0.3, 0.4) is 0 Å². The molecule has 1 atom stereocenters. The van der Waals surface area contributed by atoms with Crippen molar-refractivity contribution in [2.75, 3.05) is 6.54 Å². The first-order valence-corrected chi connectivity index (χ1v) is 5.37. The largest absolute Gasteiger partial charge is 0.323 e. The minimum absolute atomic E-state index is 0.308. The molecule has 1 saturated carbocycles. The van der Waals surface area contributed by atoms with Crippen molar-refractivity contribution >= 4 is 5.91 Å². The van der Waals surface area contributed by atoms with Crippen LogP contribution < -0.4 is 5.32 Å². The molecule has 2 rings (SSSR count). The normalized spacial score (nSPS) is 29.5. The van der Waals surface area contributed by atoms with Gasteiger partial charge in [-0.15, -0.1) is 0 Å². The number of hydrogen-bond donors (Lipinski definition) is 1. The minimum atomic E-state index is 0.308. The molecule has 1 unspecified atom stereocenters. The van der Waals surface area contributed by atoms with Gasteiger partial charge >= 0.3 is 0 Å². The van der Waals surface area contributed by atoms with E-state index in [0.29, 0.717) is 24.7 Å². The van der Waals surface area contributed by atoms with Gasteiger partial charge in [0.25, 0.3) is 0 Å². The third kappa shape index (κ3) is 1.57. The zero-order valence-electron chi connectivity index (χ0n) is 8.25. The van der Waals surface area contributed by atoms with Crippen molar-refractivity contribution in [2.45, 2.75) is 51.2 Å². The van der Waals surface area contributed by atoms with E-state index < -0.39 is 0 Å². The molecule has 1 aliphatic heterocycles. The van der Waals surface area contributed by atoms with Crippen LogP contribution in [0.2, 0.25) is 0 Å². The average Bonchev–Trinajstić information content (AvgIpc) is 2.34. The molecule has 0 aromatic carbocycles. The molecule has 2 aliphatic rings. The summed E-state index contributed by atoms with van der Waals surface area (Å²) in [5.41, 5.74) is 0. The fourth-order valence-corrected chi connectivity index (χ4v) is 2.21. The van der Waals surface area contributed by atoms with Gasteiger partial charge in [-0.1, -0.05) is 13.3 Å². The smallest absolute Gasteiger partial charge is 0.238 e. The van der Waals surface area contributed by atoms with E-state index in [1.807, 2.05) is 0 Å². The van der Waals surface area contributed by atoms with Crippen LogP contribution in [0, 0.1) is 0 Å². The maximum absolute atomic E-state index is 11.6. The summed E-state index contributed by atoms with van der Waals surface area (Å²) in [7, 11) is 0. The molecule has 0 spiro atoms. The summed E-state index contributed by atoms with van der Waals surface area (Å²) in [6, 6.07) is 0.555. The maximum atomic E-state index is 11.6. The van der Waals surface area contributed by atoms with E-state index in [4.69, 9.17) is 0 Å². The van der Waals surface area contributed by atoms with Crippen molar-refractivity contribution in [1.82, 2.24) is 10.2 Å². The summed E-state index contributed by atoms with van der Waals surface area (Å²) < 4.78 is 0. The topological polar surface area (TPSA) is 32.3 Å². The van der Waals surface area contributed by atoms with Crippen molar-refractivity contribution in [3.8, 4) is 0 Å². The summed E-state index contributed by atoms with van der Waals surface area (Å²) >= 11 is 0. The molecule has 3 nitrogen and oxygen atoms in total. The fourth-order valence-electron chi connectivity index (χ4n) is 2.21. The fraction of sp³-hybridized carbons (Fsp3) is 0.900. The Balaban J connectivity index is 1.98. The van der Waals surface area contributed by atoms with Gasteiger partial charge in [0.15, 0.2) is 0 Å². The second-order valence-electron chi connectivity index (χ2n) is 4.07. The highest BCUT2D eigenvalue weighted by molar-refractivity contribution is 5.81. The standard InChI is InChI=1S/C10H18N2O/c1-2-4-9-11-7-10(13)12(9)8-5-3-6-8/h8-9,11H,2-7H2,1H3. The second-order valence-corrected chi connectivity index (χ2v) is 4.07. The Bertz CT molecular complexity index is 201. The van der Waals surface area contributed by atoms with Crippen LogP contribution in [-0.2, 0) is 4.79 Å². The molecule has 1 amide bonds. The first kappa shape index (κ1) is 9.00. The van der Waals surface area contributed by atoms with E-state index in [9.17, 15) is 4.79 Å². The Labute approximate surface area is 79.5 Å². The number of carbonyl (C=O) groups is 1. The molecule has 0 aromatic heterocycles. The number of nitrogens with zero attached hydrogens (tertiary/aromatic N) is 1. The lowest BCUT2D eigenvalue weighted by atomic mass is 9.91. The Hall–Kier alpha value is -0.570. The highest BCUT2D eigenvalue weighted by atomic mass is 16.2. The lowest BCUT2D eigenvalue weighted by molar-refractivity contribution is -0.132. The molecule has 1 N–H and O–H groups in total. The van der Waals surface area contributed by atoms with E-state index in [-0.39, 0.29) is 0 Å². The van der Waals surface area contributed by atoms with E-state index in [0.717, 1.165) is 12.8 Å². The molecule has 1 saturated heterocycles. The Morgan fingerprint density at radius 3 is 2.85 bits per heavy atom. The summed E-state index contributed by atoms with van der Waals surface area (Å²) in [5.74, 6) is 0.308. The van der Waals surface area contributed by atoms with Gasteiger partial charge in [0.2, 0.25) is 5.91 Å². The van der Waals surface area contributed by atoms with Crippen LogP contribution in [0.4, 0.5) is 0 Å². The zero-order valence-corrected chi connectivity index (χ0v) is 8.25. The molecule has 1 heterocycles. The quantitative estimate of drug-likeness (QED) is 0.708. The van der Waals surface area contributed by atoms with Crippen molar-refractivity contribution in [2.24, 2.45) is 0 Å². The third-order valence-corrected chi connectivity index (χ3v) is 3.14. The van der Waals surface area contributed by atoms with Gasteiger partial charge in [-0.3, -0.25) is 10.1 Å². The Kier molecular flexibility index (Phi) is 2.54. The van der Waals surface area contributed by atoms with Gasteiger partial charge in [0.05, 0.1) is 12.7 Å². The third-order valence-electron chi connectivity index (χ3n) is 3.14. The van der Waals surface area contributed by atoms with Crippen LogP contribution in [-0.4, -0.2) is 29.6 Å². The van der Waals surface area contributed by atoms with Crippen molar-refractivity contribution < 1.29 is 4.79 Å². The van der Waals surface area contributed by atoms with Gasteiger partial charge in [-0.25, -0.2) is 0 Å². The van der Waals surface area contributed by atoms with E-state index in [1.165, 1.54) is 19.3 Å². The number of hydrogen-bond acceptors (Lipinski definition) is 2.